The highest BCUT2D eigenvalue weighted by atomic mass is 19.1. The number of para-hydroxylation sites is 1. The van der Waals surface area contributed by atoms with Crippen LogP contribution in [0.5, 0.6) is 11.5 Å². The molecule has 7 heteroatoms. The second-order valence-corrected chi connectivity index (χ2v) is 6.96. The largest absolute Gasteiger partial charge is 0.496 e. The molecule has 2 amide bonds. The maximum atomic E-state index is 13.8. The number of methoxy groups -OCH3 is 1. The highest BCUT2D eigenvalue weighted by Crippen LogP contribution is 2.38. The molecule has 0 saturated carbocycles. The smallest absolute Gasteiger partial charge is 0.282 e. The lowest BCUT2D eigenvalue weighted by Gasteiger charge is -2.16. The SMILES string of the molecule is CCOc1cccc(N2C(=O)C(Nc3cccc(F)c3)=C(c3ccccc3OC)C2=O)c1. The summed E-state index contributed by atoms with van der Waals surface area (Å²) in [6.45, 7) is 2.30. The molecule has 0 aliphatic carbocycles. The maximum Gasteiger partial charge on any atom is 0.282 e. The number of imide groups is 1. The Morgan fingerprint density at radius 1 is 0.938 bits per heavy atom. The highest BCUT2D eigenvalue weighted by molar-refractivity contribution is 6.46. The van der Waals surface area contributed by atoms with E-state index >= 15 is 0 Å². The van der Waals surface area contributed by atoms with Crippen molar-refractivity contribution in [3.05, 3.63) is 89.9 Å². The summed E-state index contributed by atoms with van der Waals surface area (Å²) in [5.41, 5.74) is 1.34. The number of carbonyl (C=O) groups is 2. The third-order valence-electron chi connectivity index (χ3n) is 4.94. The summed E-state index contributed by atoms with van der Waals surface area (Å²) >= 11 is 0. The molecule has 4 rings (SSSR count). The molecule has 1 aliphatic rings. The normalized spacial score (nSPS) is 13.5. The van der Waals surface area contributed by atoms with Gasteiger partial charge >= 0.3 is 0 Å². The van der Waals surface area contributed by atoms with Crippen LogP contribution in [0.2, 0.25) is 0 Å². The molecule has 0 atom stereocenters. The summed E-state index contributed by atoms with van der Waals surface area (Å²) in [7, 11) is 1.49. The van der Waals surface area contributed by atoms with Crippen LogP contribution < -0.4 is 19.7 Å². The fourth-order valence-electron chi connectivity index (χ4n) is 3.57. The van der Waals surface area contributed by atoms with E-state index in [0.29, 0.717) is 35.0 Å². The summed E-state index contributed by atoms with van der Waals surface area (Å²) in [4.78, 5) is 28.1. The fraction of sp³-hybridized carbons (Fsp3) is 0.120. The lowest BCUT2D eigenvalue weighted by atomic mass is 10.0. The minimum atomic E-state index is -0.561. The van der Waals surface area contributed by atoms with Crippen molar-refractivity contribution in [2.75, 3.05) is 23.9 Å². The number of hydrogen-bond acceptors (Lipinski definition) is 5. The average Bonchev–Trinajstić information content (AvgIpc) is 3.03. The molecule has 0 bridgehead atoms. The molecule has 3 aromatic carbocycles. The molecule has 162 valence electrons. The highest BCUT2D eigenvalue weighted by Gasteiger charge is 2.41. The topological polar surface area (TPSA) is 67.9 Å². The number of ether oxygens (including phenoxy) is 2. The van der Waals surface area contributed by atoms with E-state index in [-0.39, 0.29) is 11.3 Å². The molecule has 0 radical (unpaired) electrons. The Hall–Kier alpha value is -4.13. The number of hydrogen-bond donors (Lipinski definition) is 1. The van der Waals surface area contributed by atoms with E-state index in [2.05, 4.69) is 5.32 Å². The third kappa shape index (κ3) is 3.92. The minimum absolute atomic E-state index is 0.0342. The van der Waals surface area contributed by atoms with Crippen molar-refractivity contribution in [3.8, 4) is 11.5 Å². The van der Waals surface area contributed by atoms with Gasteiger partial charge in [0, 0.05) is 17.3 Å². The first-order valence-electron chi connectivity index (χ1n) is 10.1. The Bertz CT molecular complexity index is 1220. The van der Waals surface area contributed by atoms with Gasteiger partial charge in [0.15, 0.2) is 0 Å². The Balaban J connectivity index is 1.84. The molecule has 32 heavy (non-hydrogen) atoms. The van der Waals surface area contributed by atoms with Gasteiger partial charge in [-0.05, 0) is 43.3 Å². The number of nitrogens with one attached hydrogen (secondary N) is 1. The molecule has 0 fully saturated rings. The average molecular weight is 432 g/mol. The van der Waals surface area contributed by atoms with Crippen molar-refractivity contribution in [1.29, 1.82) is 0 Å². The van der Waals surface area contributed by atoms with E-state index in [1.807, 2.05) is 6.92 Å². The van der Waals surface area contributed by atoms with E-state index in [1.54, 1.807) is 54.6 Å². The Morgan fingerprint density at radius 3 is 2.47 bits per heavy atom. The summed E-state index contributed by atoms with van der Waals surface area (Å²) in [5, 5.41) is 2.94. The molecular formula is C25H21FN2O4. The van der Waals surface area contributed by atoms with E-state index in [4.69, 9.17) is 9.47 Å². The van der Waals surface area contributed by atoms with Gasteiger partial charge in [0.05, 0.1) is 25.0 Å². The number of anilines is 2. The van der Waals surface area contributed by atoms with Gasteiger partial charge in [-0.15, -0.1) is 0 Å². The lowest BCUT2D eigenvalue weighted by Crippen LogP contribution is -2.32. The Labute approximate surface area is 184 Å². The number of benzene rings is 3. The van der Waals surface area contributed by atoms with Gasteiger partial charge in [-0.1, -0.05) is 30.3 Å². The summed E-state index contributed by atoms with van der Waals surface area (Å²) in [6, 6.07) is 19.4. The zero-order valence-corrected chi connectivity index (χ0v) is 17.6. The monoisotopic (exact) mass is 432 g/mol. The van der Waals surface area contributed by atoms with E-state index in [1.165, 1.54) is 25.3 Å². The van der Waals surface area contributed by atoms with Crippen LogP contribution in [-0.2, 0) is 9.59 Å². The first kappa shape index (κ1) is 21.1. The number of halogens is 1. The molecule has 0 unspecified atom stereocenters. The van der Waals surface area contributed by atoms with Crippen LogP contribution in [0.4, 0.5) is 15.8 Å². The number of amides is 2. The van der Waals surface area contributed by atoms with Gasteiger partial charge in [-0.25, -0.2) is 9.29 Å². The van der Waals surface area contributed by atoms with Gasteiger partial charge in [-0.3, -0.25) is 9.59 Å². The first-order valence-corrected chi connectivity index (χ1v) is 10.1. The van der Waals surface area contributed by atoms with E-state index < -0.39 is 17.6 Å². The number of carbonyl (C=O) groups excluding carboxylic acids is 2. The summed E-state index contributed by atoms with van der Waals surface area (Å²) < 4.78 is 24.7. The predicted octanol–water partition coefficient (Wildman–Crippen LogP) is 4.63. The maximum absolute atomic E-state index is 13.8. The lowest BCUT2D eigenvalue weighted by molar-refractivity contribution is -0.120. The number of nitrogens with zero attached hydrogens (tertiary/aromatic N) is 1. The summed E-state index contributed by atoms with van der Waals surface area (Å²) in [5.74, 6) is -0.573. The van der Waals surface area contributed by atoms with Crippen molar-refractivity contribution in [3.63, 3.8) is 0 Å². The minimum Gasteiger partial charge on any atom is -0.496 e. The molecule has 1 N–H and O–H groups in total. The van der Waals surface area contributed by atoms with Crippen molar-refractivity contribution in [2.45, 2.75) is 6.92 Å². The molecule has 1 heterocycles. The first-order chi connectivity index (χ1) is 15.5. The van der Waals surface area contributed by atoms with Crippen molar-refractivity contribution in [1.82, 2.24) is 0 Å². The molecular weight excluding hydrogens is 411 g/mol. The second kappa shape index (κ2) is 8.93. The molecule has 0 spiro atoms. The molecule has 3 aromatic rings. The van der Waals surface area contributed by atoms with Crippen LogP contribution in [0.15, 0.2) is 78.5 Å². The molecule has 6 nitrogen and oxygen atoms in total. The Kier molecular flexibility index (Phi) is 5.89. The Morgan fingerprint density at radius 2 is 1.72 bits per heavy atom. The van der Waals surface area contributed by atoms with Gasteiger partial charge < -0.3 is 14.8 Å². The molecule has 1 aliphatic heterocycles. The molecule has 0 aromatic heterocycles. The predicted molar refractivity (Wildman–Crippen MR) is 120 cm³/mol. The quantitative estimate of drug-likeness (QED) is 0.552. The van der Waals surface area contributed by atoms with Gasteiger partial charge in [0.2, 0.25) is 0 Å². The van der Waals surface area contributed by atoms with E-state index in [9.17, 15) is 14.0 Å². The van der Waals surface area contributed by atoms with E-state index in [0.717, 1.165) is 4.90 Å². The third-order valence-corrected chi connectivity index (χ3v) is 4.94. The van der Waals surface area contributed by atoms with Gasteiger partial charge in [0.1, 0.15) is 23.0 Å². The van der Waals surface area contributed by atoms with Crippen LogP contribution >= 0.6 is 0 Å². The molecule has 0 saturated heterocycles. The zero-order chi connectivity index (χ0) is 22.7. The van der Waals surface area contributed by atoms with Gasteiger partial charge in [-0.2, -0.15) is 0 Å². The van der Waals surface area contributed by atoms with Gasteiger partial charge in [0.25, 0.3) is 11.8 Å². The van der Waals surface area contributed by atoms with Crippen LogP contribution in [0.1, 0.15) is 12.5 Å². The van der Waals surface area contributed by atoms with Crippen LogP contribution in [-0.4, -0.2) is 25.5 Å². The number of rotatable bonds is 7. The second-order valence-electron chi connectivity index (χ2n) is 6.96. The van der Waals surface area contributed by atoms with Crippen molar-refractivity contribution in [2.24, 2.45) is 0 Å². The fourth-order valence-corrected chi connectivity index (χ4v) is 3.57. The van der Waals surface area contributed by atoms with Crippen molar-refractivity contribution >= 4 is 28.8 Å². The summed E-state index contributed by atoms with van der Waals surface area (Å²) in [6.07, 6.45) is 0. The zero-order valence-electron chi connectivity index (χ0n) is 17.6. The van der Waals surface area contributed by atoms with Crippen LogP contribution in [0.3, 0.4) is 0 Å². The standard InChI is InChI=1S/C25H21FN2O4/c1-3-32-19-11-7-10-18(15-19)28-24(29)22(20-12-4-5-13-21(20)31-2)23(25(28)30)27-17-9-6-8-16(26)14-17/h4-15,27H,3H2,1-2H3. The van der Waals surface area contributed by atoms with Crippen molar-refractivity contribution < 1.29 is 23.5 Å². The van der Waals surface area contributed by atoms with Crippen LogP contribution in [0, 0.1) is 5.82 Å². The van der Waals surface area contributed by atoms with Crippen LogP contribution in [0.25, 0.3) is 5.57 Å².